The Hall–Kier alpha value is -3.41. The van der Waals surface area contributed by atoms with E-state index in [1.165, 1.54) is 0 Å². The molecule has 0 radical (unpaired) electrons. The second kappa shape index (κ2) is 6.64. The number of benzene rings is 1. The second-order valence-corrected chi connectivity index (χ2v) is 7.28. The lowest BCUT2D eigenvalue weighted by molar-refractivity contribution is -0.130. The molecule has 0 unspecified atom stereocenters. The Kier molecular flexibility index (Phi) is 3.97. The number of hydrogen-bond acceptors (Lipinski definition) is 4. The van der Waals surface area contributed by atoms with Crippen molar-refractivity contribution in [1.29, 1.82) is 0 Å². The molecule has 2 aliphatic heterocycles. The van der Waals surface area contributed by atoms with E-state index >= 15 is 0 Å². The van der Waals surface area contributed by atoms with E-state index in [4.69, 9.17) is 4.42 Å². The van der Waals surface area contributed by atoms with Crippen LogP contribution in [-0.2, 0) is 16.0 Å². The SMILES string of the molecule is O=C1CCc2cc(C=CC(=O)N3CC(c4cc5ccccc5o4)C3)cnc2N1. The first-order valence-corrected chi connectivity index (χ1v) is 9.40. The molecule has 2 aliphatic rings. The van der Waals surface area contributed by atoms with Crippen LogP contribution in [0, 0.1) is 0 Å². The van der Waals surface area contributed by atoms with Gasteiger partial charge in [0.05, 0.1) is 5.92 Å². The van der Waals surface area contributed by atoms with Gasteiger partial charge < -0.3 is 14.6 Å². The number of para-hydroxylation sites is 1. The second-order valence-electron chi connectivity index (χ2n) is 7.28. The smallest absolute Gasteiger partial charge is 0.246 e. The lowest BCUT2D eigenvalue weighted by Crippen LogP contribution is -2.47. The molecule has 28 heavy (non-hydrogen) atoms. The number of anilines is 1. The van der Waals surface area contributed by atoms with Gasteiger partial charge in [-0.05, 0) is 41.8 Å². The van der Waals surface area contributed by atoms with Gasteiger partial charge >= 0.3 is 0 Å². The molecule has 5 rings (SSSR count). The monoisotopic (exact) mass is 373 g/mol. The highest BCUT2D eigenvalue weighted by molar-refractivity contribution is 5.94. The number of carbonyl (C=O) groups excluding carboxylic acids is 2. The first kappa shape index (κ1) is 16.7. The number of aromatic nitrogens is 1. The minimum absolute atomic E-state index is 0.00439. The van der Waals surface area contributed by atoms with Gasteiger partial charge in [-0.2, -0.15) is 0 Å². The van der Waals surface area contributed by atoms with Crippen LogP contribution in [0.25, 0.3) is 17.0 Å². The third-order valence-electron chi connectivity index (χ3n) is 5.33. The van der Waals surface area contributed by atoms with Crippen LogP contribution in [0.1, 0.15) is 29.2 Å². The zero-order valence-corrected chi connectivity index (χ0v) is 15.2. The van der Waals surface area contributed by atoms with Gasteiger partial charge in [0.25, 0.3) is 0 Å². The van der Waals surface area contributed by atoms with Crippen molar-refractivity contribution in [3.05, 3.63) is 65.6 Å². The third kappa shape index (κ3) is 3.07. The van der Waals surface area contributed by atoms with Crippen molar-refractivity contribution < 1.29 is 14.0 Å². The van der Waals surface area contributed by atoms with Gasteiger partial charge in [-0.1, -0.05) is 18.2 Å². The van der Waals surface area contributed by atoms with E-state index in [2.05, 4.69) is 16.4 Å². The standard InChI is InChI=1S/C22H19N3O3/c26-20-7-6-16-9-14(11-23-22(16)24-20)5-8-21(27)25-12-17(13-25)19-10-15-3-1-2-4-18(15)28-19/h1-5,8-11,17H,6-7,12-13H2,(H,23,24,26). The van der Waals surface area contributed by atoms with Crippen LogP contribution in [0.2, 0.25) is 0 Å². The summed E-state index contributed by atoms with van der Waals surface area (Å²) in [6, 6.07) is 12.0. The summed E-state index contributed by atoms with van der Waals surface area (Å²) >= 11 is 0. The number of nitrogens with zero attached hydrogens (tertiary/aromatic N) is 2. The Labute approximate surface area is 161 Å². The fraction of sp³-hybridized carbons (Fsp3) is 0.227. The summed E-state index contributed by atoms with van der Waals surface area (Å²) in [7, 11) is 0. The number of nitrogens with one attached hydrogen (secondary N) is 1. The van der Waals surface area contributed by atoms with E-state index in [9.17, 15) is 9.59 Å². The zero-order chi connectivity index (χ0) is 19.1. The van der Waals surface area contributed by atoms with Gasteiger partial charge in [0.15, 0.2) is 0 Å². The van der Waals surface area contributed by atoms with Crippen LogP contribution in [0.5, 0.6) is 0 Å². The van der Waals surface area contributed by atoms with Crippen molar-refractivity contribution in [1.82, 2.24) is 9.88 Å². The summed E-state index contributed by atoms with van der Waals surface area (Å²) in [5.74, 6) is 1.79. The van der Waals surface area contributed by atoms with Crippen molar-refractivity contribution in [2.24, 2.45) is 0 Å². The molecule has 0 spiro atoms. The molecule has 4 heterocycles. The Balaban J connectivity index is 1.22. The predicted molar refractivity (Wildman–Crippen MR) is 106 cm³/mol. The molecule has 6 heteroatoms. The van der Waals surface area contributed by atoms with Crippen LogP contribution in [0.4, 0.5) is 5.82 Å². The average Bonchev–Trinajstić information content (AvgIpc) is 3.08. The molecule has 140 valence electrons. The molecular weight excluding hydrogens is 354 g/mol. The Morgan fingerprint density at radius 1 is 1.21 bits per heavy atom. The molecule has 2 aromatic heterocycles. The summed E-state index contributed by atoms with van der Waals surface area (Å²) in [6.45, 7) is 1.33. The normalized spacial score (nSPS) is 16.9. The van der Waals surface area contributed by atoms with E-state index in [0.29, 0.717) is 31.7 Å². The molecule has 0 atom stereocenters. The summed E-state index contributed by atoms with van der Waals surface area (Å²) in [5.41, 5.74) is 2.75. The first-order chi connectivity index (χ1) is 13.7. The van der Waals surface area contributed by atoms with Gasteiger partial charge in [-0.25, -0.2) is 4.98 Å². The Bertz CT molecular complexity index is 1080. The van der Waals surface area contributed by atoms with Crippen molar-refractivity contribution in [3.8, 4) is 0 Å². The van der Waals surface area contributed by atoms with Crippen molar-refractivity contribution >= 4 is 34.7 Å². The van der Waals surface area contributed by atoms with Crippen LogP contribution in [-0.4, -0.2) is 34.8 Å². The molecule has 1 aromatic carbocycles. The molecule has 0 saturated carbocycles. The quantitative estimate of drug-likeness (QED) is 0.715. The zero-order valence-electron chi connectivity index (χ0n) is 15.2. The van der Waals surface area contributed by atoms with Crippen molar-refractivity contribution in [2.75, 3.05) is 18.4 Å². The molecule has 0 bridgehead atoms. The van der Waals surface area contributed by atoms with Crippen LogP contribution in [0.15, 0.2) is 53.1 Å². The topological polar surface area (TPSA) is 75.4 Å². The minimum Gasteiger partial charge on any atom is -0.461 e. The maximum Gasteiger partial charge on any atom is 0.246 e. The predicted octanol–water partition coefficient (Wildman–Crippen LogP) is 3.35. The highest BCUT2D eigenvalue weighted by atomic mass is 16.3. The fourth-order valence-electron chi connectivity index (χ4n) is 3.68. The summed E-state index contributed by atoms with van der Waals surface area (Å²) < 4.78 is 5.90. The number of carbonyl (C=O) groups is 2. The van der Waals surface area contributed by atoms with Gasteiger partial charge in [-0.15, -0.1) is 0 Å². The molecule has 0 aliphatic carbocycles. The lowest BCUT2D eigenvalue weighted by Gasteiger charge is -2.37. The van der Waals surface area contributed by atoms with Gasteiger partial charge in [-0.3, -0.25) is 9.59 Å². The minimum atomic E-state index is -0.0154. The molecule has 1 N–H and O–H groups in total. The van der Waals surface area contributed by atoms with Crippen LogP contribution < -0.4 is 5.32 Å². The molecule has 3 aromatic rings. The van der Waals surface area contributed by atoms with Crippen molar-refractivity contribution in [3.63, 3.8) is 0 Å². The number of hydrogen-bond donors (Lipinski definition) is 1. The summed E-state index contributed by atoms with van der Waals surface area (Å²) in [4.78, 5) is 29.9. The number of furan rings is 1. The van der Waals surface area contributed by atoms with Crippen LogP contribution in [0.3, 0.4) is 0 Å². The molecule has 1 saturated heterocycles. The maximum atomic E-state index is 12.4. The first-order valence-electron chi connectivity index (χ1n) is 9.40. The number of fused-ring (bicyclic) bond motifs is 2. The summed E-state index contributed by atoms with van der Waals surface area (Å²) in [6.07, 6.45) is 6.18. The van der Waals surface area contributed by atoms with E-state index in [1.807, 2.05) is 30.3 Å². The highest BCUT2D eigenvalue weighted by Gasteiger charge is 2.33. The number of pyridine rings is 1. The maximum absolute atomic E-state index is 12.4. The van der Waals surface area contributed by atoms with Gasteiger partial charge in [0.2, 0.25) is 11.8 Å². The Morgan fingerprint density at radius 2 is 2.07 bits per heavy atom. The molecule has 2 amide bonds. The molecular formula is C22H19N3O3. The highest BCUT2D eigenvalue weighted by Crippen LogP contribution is 2.31. The van der Waals surface area contributed by atoms with Gasteiger partial charge in [0.1, 0.15) is 17.2 Å². The Morgan fingerprint density at radius 3 is 2.93 bits per heavy atom. The third-order valence-corrected chi connectivity index (χ3v) is 5.33. The lowest BCUT2D eigenvalue weighted by atomic mass is 9.97. The van der Waals surface area contributed by atoms with E-state index in [1.54, 1.807) is 23.2 Å². The molecule has 6 nitrogen and oxygen atoms in total. The van der Waals surface area contributed by atoms with E-state index in [0.717, 1.165) is 27.9 Å². The number of rotatable bonds is 3. The fourth-order valence-corrected chi connectivity index (χ4v) is 3.68. The van der Waals surface area contributed by atoms with Crippen LogP contribution >= 0.6 is 0 Å². The van der Waals surface area contributed by atoms with E-state index in [-0.39, 0.29) is 17.7 Å². The summed E-state index contributed by atoms with van der Waals surface area (Å²) in [5, 5.41) is 3.86. The van der Waals surface area contributed by atoms with Crippen molar-refractivity contribution in [2.45, 2.75) is 18.8 Å². The largest absolute Gasteiger partial charge is 0.461 e. The van der Waals surface area contributed by atoms with Gasteiger partial charge in [0, 0.05) is 37.2 Å². The molecule has 1 fully saturated rings. The average molecular weight is 373 g/mol. The number of likely N-dealkylation sites (tertiary alicyclic amines) is 1. The number of aryl methyl sites for hydroxylation is 1. The van der Waals surface area contributed by atoms with E-state index < -0.39 is 0 Å². The number of amides is 2.